The van der Waals surface area contributed by atoms with Gasteiger partial charge < -0.3 is 4.42 Å². The Balaban J connectivity index is 2.71. The molecule has 4 heteroatoms. The van der Waals surface area contributed by atoms with Gasteiger partial charge in [-0.2, -0.15) is 0 Å². The maximum absolute atomic E-state index is 9.86. The first kappa shape index (κ1) is 7.53. The van der Waals surface area contributed by atoms with E-state index in [1.807, 2.05) is 0 Å². The predicted molar refractivity (Wildman–Crippen MR) is 39.5 cm³/mol. The molecule has 0 atom stereocenters. The average Bonchev–Trinajstić information content (AvgIpc) is 2.31. The van der Waals surface area contributed by atoms with Gasteiger partial charge in [-0.1, -0.05) is 0 Å². The van der Waals surface area contributed by atoms with Crippen molar-refractivity contribution in [3.63, 3.8) is 0 Å². The molecule has 1 aromatic rings. The molecule has 0 bridgehead atoms. The third-order valence-electron chi connectivity index (χ3n) is 1.12. The lowest BCUT2D eigenvalue weighted by atomic mass is 10.4. The van der Waals surface area contributed by atoms with Crippen molar-refractivity contribution in [2.24, 2.45) is 0 Å². The summed E-state index contributed by atoms with van der Waals surface area (Å²) in [6.07, 6.45) is 2.16. The number of nitro groups is 1. The number of aryl methyl sites for hydroxylation is 1. The molecule has 1 rings (SSSR count). The van der Waals surface area contributed by atoms with Crippen LogP contribution in [0.5, 0.6) is 0 Å². The molecule has 0 aromatic carbocycles. The summed E-state index contributed by atoms with van der Waals surface area (Å²) in [5.74, 6) is 1.24. The van der Waals surface area contributed by atoms with Gasteiger partial charge in [0.2, 0.25) is 6.20 Å². The van der Waals surface area contributed by atoms with Crippen LogP contribution >= 0.6 is 0 Å². The molecule has 0 amide bonds. The smallest absolute Gasteiger partial charge is 0.238 e. The van der Waals surface area contributed by atoms with Crippen molar-refractivity contribution in [2.45, 2.75) is 6.92 Å². The second kappa shape index (κ2) is 3.01. The molecule has 0 aliphatic rings. The Hall–Kier alpha value is -1.58. The maximum Gasteiger partial charge on any atom is 0.238 e. The van der Waals surface area contributed by atoms with E-state index < -0.39 is 4.92 Å². The summed E-state index contributed by atoms with van der Waals surface area (Å²) in [7, 11) is 0. The van der Waals surface area contributed by atoms with Gasteiger partial charge in [-0.15, -0.1) is 0 Å². The molecule has 11 heavy (non-hydrogen) atoms. The van der Waals surface area contributed by atoms with Crippen LogP contribution in [-0.4, -0.2) is 4.92 Å². The fourth-order valence-corrected chi connectivity index (χ4v) is 0.677. The molecule has 1 heterocycles. The zero-order valence-corrected chi connectivity index (χ0v) is 5.98. The number of hydrogen-bond donors (Lipinski definition) is 0. The van der Waals surface area contributed by atoms with Gasteiger partial charge in [-0.05, 0) is 19.1 Å². The van der Waals surface area contributed by atoms with Gasteiger partial charge >= 0.3 is 0 Å². The van der Waals surface area contributed by atoms with Gasteiger partial charge in [-0.25, -0.2) is 0 Å². The summed E-state index contributed by atoms with van der Waals surface area (Å²) < 4.78 is 5.04. The van der Waals surface area contributed by atoms with E-state index in [9.17, 15) is 10.1 Å². The highest BCUT2D eigenvalue weighted by atomic mass is 16.6. The monoisotopic (exact) mass is 153 g/mol. The van der Waals surface area contributed by atoms with Crippen LogP contribution in [-0.2, 0) is 0 Å². The van der Waals surface area contributed by atoms with Gasteiger partial charge in [0, 0.05) is 0 Å². The van der Waals surface area contributed by atoms with Crippen LogP contribution in [0.2, 0.25) is 0 Å². The quantitative estimate of drug-likeness (QED) is 0.481. The minimum Gasteiger partial charge on any atom is -0.462 e. The van der Waals surface area contributed by atoms with Gasteiger partial charge in [-0.3, -0.25) is 10.1 Å². The van der Waals surface area contributed by atoms with Crippen molar-refractivity contribution in [1.29, 1.82) is 0 Å². The summed E-state index contributed by atoms with van der Waals surface area (Å²) >= 11 is 0. The SMILES string of the molecule is Cc1ccc(/C=C/[N+](=O)[O-])o1. The molecule has 0 saturated carbocycles. The van der Waals surface area contributed by atoms with Crippen molar-refractivity contribution in [3.8, 4) is 0 Å². The zero-order valence-electron chi connectivity index (χ0n) is 5.98. The molecule has 0 radical (unpaired) electrons. The fraction of sp³-hybridized carbons (Fsp3) is 0.143. The number of hydrogen-bond acceptors (Lipinski definition) is 3. The molecule has 58 valence electrons. The molecular formula is C7H7NO3. The van der Waals surface area contributed by atoms with E-state index in [0.29, 0.717) is 5.76 Å². The molecule has 0 N–H and O–H groups in total. The normalized spacial score (nSPS) is 10.6. The van der Waals surface area contributed by atoms with Crippen molar-refractivity contribution in [1.82, 2.24) is 0 Å². The largest absolute Gasteiger partial charge is 0.462 e. The second-order valence-corrected chi connectivity index (χ2v) is 2.05. The number of nitrogens with zero attached hydrogens (tertiary/aromatic N) is 1. The van der Waals surface area contributed by atoms with E-state index in [1.165, 1.54) is 6.08 Å². The fourth-order valence-electron chi connectivity index (χ4n) is 0.677. The van der Waals surface area contributed by atoms with Crippen molar-refractivity contribution < 1.29 is 9.34 Å². The summed E-state index contributed by atoms with van der Waals surface area (Å²) in [5, 5.41) is 9.86. The van der Waals surface area contributed by atoms with Crippen LogP contribution in [0, 0.1) is 17.0 Å². The first-order valence-electron chi connectivity index (χ1n) is 3.06. The average molecular weight is 153 g/mol. The Bertz CT molecular complexity index is 288. The van der Waals surface area contributed by atoms with E-state index in [-0.39, 0.29) is 0 Å². The third kappa shape index (κ3) is 2.25. The van der Waals surface area contributed by atoms with Crippen LogP contribution in [0.1, 0.15) is 11.5 Å². The Kier molecular flexibility index (Phi) is 2.06. The van der Waals surface area contributed by atoms with E-state index >= 15 is 0 Å². The standard InChI is InChI=1S/C7H7NO3/c1-6-2-3-7(11-6)4-5-8(9)10/h2-5H,1H3/b5-4+. The summed E-state index contributed by atoms with van der Waals surface area (Å²) in [5.41, 5.74) is 0. The summed E-state index contributed by atoms with van der Waals surface area (Å²) in [6, 6.07) is 3.43. The molecule has 0 aliphatic heterocycles. The Morgan fingerprint density at radius 2 is 2.36 bits per heavy atom. The molecule has 1 aromatic heterocycles. The van der Waals surface area contributed by atoms with Crippen LogP contribution in [0.4, 0.5) is 0 Å². The lowest BCUT2D eigenvalue weighted by Gasteiger charge is -1.80. The van der Waals surface area contributed by atoms with Crippen LogP contribution in [0.15, 0.2) is 22.7 Å². The Morgan fingerprint density at radius 1 is 1.64 bits per heavy atom. The second-order valence-electron chi connectivity index (χ2n) is 2.05. The number of rotatable bonds is 2. The first-order valence-corrected chi connectivity index (χ1v) is 3.06. The molecule has 0 fully saturated rings. The van der Waals surface area contributed by atoms with E-state index in [2.05, 4.69) is 0 Å². The minimum absolute atomic E-state index is 0.499. The lowest BCUT2D eigenvalue weighted by molar-refractivity contribution is -0.401. The van der Waals surface area contributed by atoms with E-state index in [1.54, 1.807) is 19.1 Å². The first-order chi connectivity index (χ1) is 5.18. The Morgan fingerprint density at radius 3 is 2.82 bits per heavy atom. The number of furan rings is 1. The highest BCUT2D eigenvalue weighted by molar-refractivity contribution is 5.40. The molecular weight excluding hydrogens is 146 g/mol. The van der Waals surface area contributed by atoms with Gasteiger partial charge in [0.15, 0.2) is 0 Å². The maximum atomic E-state index is 9.86. The summed E-state index contributed by atoms with van der Waals surface area (Å²) in [4.78, 5) is 9.33. The minimum atomic E-state index is -0.530. The van der Waals surface area contributed by atoms with Crippen LogP contribution < -0.4 is 0 Å². The lowest BCUT2D eigenvalue weighted by Crippen LogP contribution is -1.80. The van der Waals surface area contributed by atoms with Crippen molar-refractivity contribution in [2.75, 3.05) is 0 Å². The van der Waals surface area contributed by atoms with Gasteiger partial charge in [0.25, 0.3) is 0 Å². The van der Waals surface area contributed by atoms with E-state index in [4.69, 9.17) is 4.42 Å². The third-order valence-corrected chi connectivity index (χ3v) is 1.12. The van der Waals surface area contributed by atoms with E-state index in [0.717, 1.165) is 12.0 Å². The van der Waals surface area contributed by atoms with Gasteiger partial charge in [0.05, 0.1) is 11.0 Å². The van der Waals surface area contributed by atoms with Crippen LogP contribution in [0.3, 0.4) is 0 Å². The summed E-state index contributed by atoms with van der Waals surface area (Å²) in [6.45, 7) is 1.78. The molecule has 0 unspecified atom stereocenters. The molecule has 0 saturated heterocycles. The molecule has 4 nitrogen and oxygen atoms in total. The molecule has 0 aliphatic carbocycles. The highest BCUT2D eigenvalue weighted by Crippen LogP contribution is 2.07. The molecule has 0 spiro atoms. The topological polar surface area (TPSA) is 56.3 Å². The highest BCUT2D eigenvalue weighted by Gasteiger charge is 1.94. The Labute approximate surface area is 63.3 Å². The predicted octanol–water partition coefficient (Wildman–Crippen LogP) is 1.84. The van der Waals surface area contributed by atoms with Gasteiger partial charge in [0.1, 0.15) is 11.5 Å². The van der Waals surface area contributed by atoms with Crippen molar-refractivity contribution >= 4 is 6.08 Å². The zero-order chi connectivity index (χ0) is 8.27. The van der Waals surface area contributed by atoms with Crippen LogP contribution in [0.25, 0.3) is 6.08 Å². The van der Waals surface area contributed by atoms with Crippen molar-refractivity contribution in [3.05, 3.63) is 40.0 Å².